The standard InChI is InChI=1S/C24H27N2.C11H8N.Ir/c1-15-21(16-11-9-8-10-12-16)26-20-14-18-17(13-19(20)25-15)22(2,3)24(6,7)23(18,4)5;1-2-6-10(7-3-1)11-8-4-5-9-12-11;/h8-11,13-14H,1-7H3;1-6,8-9H;/q2*-1;. The van der Waals surface area contributed by atoms with Crippen molar-refractivity contribution in [2.24, 2.45) is 5.41 Å². The number of pyridine rings is 1. The molecule has 3 aromatic carbocycles. The second-order valence-corrected chi connectivity index (χ2v) is 11.7. The van der Waals surface area contributed by atoms with E-state index in [0.29, 0.717) is 0 Å². The van der Waals surface area contributed by atoms with Crippen LogP contribution < -0.4 is 0 Å². The van der Waals surface area contributed by atoms with Gasteiger partial charge in [0.05, 0.1) is 11.0 Å². The summed E-state index contributed by atoms with van der Waals surface area (Å²) in [7, 11) is 0. The number of hydrogen-bond acceptors (Lipinski definition) is 3. The van der Waals surface area contributed by atoms with Crippen molar-refractivity contribution in [2.45, 2.75) is 59.3 Å². The summed E-state index contributed by atoms with van der Waals surface area (Å²) in [5.41, 5.74) is 9.97. The third kappa shape index (κ3) is 4.97. The van der Waals surface area contributed by atoms with Crippen LogP contribution in [0.4, 0.5) is 0 Å². The van der Waals surface area contributed by atoms with E-state index < -0.39 is 0 Å². The summed E-state index contributed by atoms with van der Waals surface area (Å²) in [5.74, 6) is 0. The second kappa shape index (κ2) is 10.8. The molecule has 2 heterocycles. The molecule has 0 N–H and O–H groups in total. The molecule has 3 nitrogen and oxygen atoms in total. The Morgan fingerprint density at radius 1 is 0.641 bits per heavy atom. The maximum absolute atomic E-state index is 4.99. The van der Waals surface area contributed by atoms with Gasteiger partial charge in [-0.15, -0.1) is 71.8 Å². The van der Waals surface area contributed by atoms with Crippen molar-refractivity contribution in [1.29, 1.82) is 0 Å². The Bertz CT molecular complexity index is 1540. The molecule has 0 unspecified atom stereocenters. The summed E-state index contributed by atoms with van der Waals surface area (Å²) >= 11 is 0. The number of fused-ring (bicyclic) bond motifs is 2. The molecule has 1 aliphatic carbocycles. The van der Waals surface area contributed by atoms with Crippen LogP contribution in [-0.4, -0.2) is 15.0 Å². The van der Waals surface area contributed by atoms with Gasteiger partial charge in [-0.05, 0) is 58.2 Å². The molecule has 1 radical (unpaired) electrons. The molecule has 0 spiro atoms. The Morgan fingerprint density at radius 2 is 1.18 bits per heavy atom. The van der Waals surface area contributed by atoms with Crippen molar-refractivity contribution in [2.75, 3.05) is 0 Å². The minimum absolute atomic E-state index is 0. The smallest absolute Gasteiger partial charge is 0.0873 e. The molecule has 2 aromatic heterocycles. The van der Waals surface area contributed by atoms with Crippen LogP contribution in [0.15, 0.2) is 85.1 Å². The molecule has 5 aromatic rings. The number of aromatic nitrogens is 3. The molecule has 0 bridgehead atoms. The van der Waals surface area contributed by atoms with Gasteiger partial charge in [0, 0.05) is 37.7 Å². The summed E-state index contributed by atoms with van der Waals surface area (Å²) in [5, 5.41) is 0. The van der Waals surface area contributed by atoms with Gasteiger partial charge in [0.1, 0.15) is 0 Å². The number of rotatable bonds is 2. The van der Waals surface area contributed by atoms with Crippen LogP contribution in [0.2, 0.25) is 0 Å². The molecule has 0 atom stereocenters. The maximum atomic E-state index is 4.99. The first kappa shape index (κ1) is 28.8. The van der Waals surface area contributed by atoms with Crippen molar-refractivity contribution < 1.29 is 20.1 Å². The maximum Gasteiger partial charge on any atom is 0.0873 e. The topological polar surface area (TPSA) is 38.7 Å². The van der Waals surface area contributed by atoms with Crippen molar-refractivity contribution in [3.05, 3.63) is 114 Å². The predicted octanol–water partition coefficient (Wildman–Crippen LogP) is 8.55. The fourth-order valence-electron chi connectivity index (χ4n) is 5.55. The van der Waals surface area contributed by atoms with Crippen molar-refractivity contribution in [3.8, 4) is 22.5 Å². The van der Waals surface area contributed by atoms with Gasteiger partial charge in [-0.25, -0.2) is 0 Å². The van der Waals surface area contributed by atoms with Crippen LogP contribution >= 0.6 is 0 Å². The minimum atomic E-state index is 0. The first-order valence-corrected chi connectivity index (χ1v) is 13.2. The average Bonchev–Trinajstić information content (AvgIpc) is 3.03. The van der Waals surface area contributed by atoms with Gasteiger partial charge in [-0.1, -0.05) is 53.7 Å². The van der Waals surface area contributed by atoms with E-state index in [1.165, 1.54) is 11.1 Å². The van der Waals surface area contributed by atoms with E-state index in [9.17, 15) is 0 Å². The fraction of sp³-hybridized carbons (Fsp3) is 0.286. The van der Waals surface area contributed by atoms with Crippen molar-refractivity contribution >= 4 is 11.0 Å². The van der Waals surface area contributed by atoms with Crippen molar-refractivity contribution in [3.63, 3.8) is 0 Å². The molecular weight excluding hydrogens is 655 g/mol. The van der Waals surface area contributed by atoms with Crippen molar-refractivity contribution in [1.82, 2.24) is 15.0 Å². The Hall–Kier alpha value is -3.20. The molecule has 0 aliphatic heterocycles. The van der Waals surface area contributed by atoms with E-state index >= 15 is 0 Å². The number of benzene rings is 3. The molecule has 201 valence electrons. The third-order valence-corrected chi connectivity index (χ3v) is 9.06. The summed E-state index contributed by atoms with van der Waals surface area (Å²) < 4.78 is 0. The van der Waals surface area contributed by atoms with E-state index in [-0.39, 0.29) is 36.4 Å². The molecular formula is C35H35IrN3-2. The Morgan fingerprint density at radius 3 is 1.69 bits per heavy atom. The summed E-state index contributed by atoms with van der Waals surface area (Å²) in [6, 6.07) is 32.6. The zero-order chi connectivity index (χ0) is 27.1. The Labute approximate surface area is 246 Å². The SMILES string of the molecule is Cc1nc2cc3c(cc2nc1-c1[c-]cccc1)C(C)(C)C(C)(C)C3(C)C.[Ir].[c-]1ccccc1-c1ccccn1. The van der Waals surface area contributed by atoms with E-state index in [1.807, 2.05) is 73.7 Å². The minimum Gasteiger partial charge on any atom is -0.305 e. The zero-order valence-corrected chi connectivity index (χ0v) is 26.2. The largest absolute Gasteiger partial charge is 0.305 e. The van der Waals surface area contributed by atoms with E-state index in [0.717, 1.165) is 39.2 Å². The van der Waals surface area contributed by atoms with Gasteiger partial charge >= 0.3 is 0 Å². The first-order chi connectivity index (χ1) is 18.0. The first-order valence-electron chi connectivity index (χ1n) is 13.2. The molecule has 0 fully saturated rings. The van der Waals surface area contributed by atoms with Gasteiger partial charge in [0.25, 0.3) is 0 Å². The molecule has 0 saturated heterocycles. The quantitative estimate of drug-likeness (QED) is 0.175. The zero-order valence-electron chi connectivity index (χ0n) is 23.8. The summed E-state index contributed by atoms with van der Waals surface area (Å²) in [6.07, 6.45) is 1.79. The molecule has 4 heteroatoms. The number of aryl methyl sites for hydroxylation is 1. The summed E-state index contributed by atoms with van der Waals surface area (Å²) in [4.78, 5) is 14.1. The van der Waals surface area contributed by atoms with Crippen LogP contribution in [0.5, 0.6) is 0 Å². The Balaban J connectivity index is 0.000000228. The predicted molar refractivity (Wildman–Crippen MR) is 157 cm³/mol. The average molecular weight is 690 g/mol. The van der Waals surface area contributed by atoms with Crippen LogP contribution in [-0.2, 0) is 30.9 Å². The number of nitrogens with zero attached hydrogens (tertiary/aromatic N) is 3. The van der Waals surface area contributed by atoms with E-state index in [4.69, 9.17) is 9.97 Å². The van der Waals surface area contributed by atoms with Crippen LogP contribution in [0, 0.1) is 24.5 Å². The fourth-order valence-corrected chi connectivity index (χ4v) is 5.55. The van der Waals surface area contributed by atoms with Gasteiger partial charge < -0.3 is 4.98 Å². The summed E-state index contributed by atoms with van der Waals surface area (Å²) in [6.45, 7) is 16.2. The van der Waals surface area contributed by atoms with E-state index in [2.05, 4.69) is 70.8 Å². The van der Waals surface area contributed by atoms with Gasteiger partial charge in [-0.2, -0.15) is 0 Å². The number of hydrogen-bond donors (Lipinski definition) is 0. The monoisotopic (exact) mass is 690 g/mol. The van der Waals surface area contributed by atoms with Gasteiger partial charge in [0.15, 0.2) is 0 Å². The second-order valence-electron chi connectivity index (χ2n) is 11.7. The van der Waals surface area contributed by atoms with E-state index in [1.54, 1.807) is 6.20 Å². The molecule has 6 rings (SSSR count). The molecule has 1 aliphatic rings. The normalized spacial score (nSPS) is 16.0. The third-order valence-electron chi connectivity index (χ3n) is 9.06. The van der Waals surface area contributed by atoms with Crippen LogP contribution in [0.3, 0.4) is 0 Å². The van der Waals surface area contributed by atoms with Crippen LogP contribution in [0.25, 0.3) is 33.5 Å². The van der Waals surface area contributed by atoms with Crippen LogP contribution in [0.1, 0.15) is 58.4 Å². The Kier molecular flexibility index (Phi) is 7.94. The van der Waals surface area contributed by atoms with Gasteiger partial charge in [0.2, 0.25) is 0 Å². The van der Waals surface area contributed by atoms with Gasteiger partial charge in [-0.3, -0.25) is 9.97 Å². The molecule has 0 amide bonds. The molecule has 0 saturated carbocycles. The molecule has 39 heavy (non-hydrogen) atoms.